The molecule has 114 valence electrons. The number of rotatable bonds is 5. The standard InChI is InChI=1S/C12H13F2N3O4/c1-3-16(6-11(18)15-2)12(19)7-4-9(14)10(17(20)21)5-8(7)13/h4-5H,3,6H2,1-2H3,(H,15,18). The Hall–Kier alpha value is -2.58. The highest BCUT2D eigenvalue weighted by atomic mass is 19.1. The van der Waals surface area contributed by atoms with Gasteiger partial charge in [-0.15, -0.1) is 0 Å². The lowest BCUT2D eigenvalue weighted by Gasteiger charge is -2.20. The number of nitro benzene ring substituents is 1. The number of halogens is 2. The van der Waals surface area contributed by atoms with Gasteiger partial charge in [0.15, 0.2) is 0 Å². The lowest BCUT2D eigenvalue weighted by Crippen LogP contribution is -2.39. The molecule has 0 fully saturated rings. The first-order valence-electron chi connectivity index (χ1n) is 5.95. The Bertz CT molecular complexity index is 592. The van der Waals surface area contributed by atoms with Crippen molar-refractivity contribution in [2.45, 2.75) is 6.92 Å². The predicted octanol–water partition coefficient (Wildman–Crippen LogP) is 1.08. The summed E-state index contributed by atoms with van der Waals surface area (Å²) in [6.07, 6.45) is 0. The largest absolute Gasteiger partial charge is 0.358 e. The number of benzene rings is 1. The molecule has 0 atom stereocenters. The monoisotopic (exact) mass is 301 g/mol. The third kappa shape index (κ3) is 3.71. The van der Waals surface area contributed by atoms with Crippen molar-refractivity contribution in [2.75, 3.05) is 20.1 Å². The Kier molecular flexibility index (Phi) is 5.28. The number of carbonyl (C=O) groups excluding carboxylic acids is 2. The summed E-state index contributed by atoms with van der Waals surface area (Å²) in [5.41, 5.74) is -1.72. The van der Waals surface area contributed by atoms with Crippen molar-refractivity contribution in [3.05, 3.63) is 39.4 Å². The average Bonchev–Trinajstić information content (AvgIpc) is 2.45. The van der Waals surface area contributed by atoms with Gasteiger partial charge in [-0.25, -0.2) is 4.39 Å². The van der Waals surface area contributed by atoms with Crippen LogP contribution < -0.4 is 5.32 Å². The van der Waals surface area contributed by atoms with Crippen molar-refractivity contribution in [1.29, 1.82) is 0 Å². The molecule has 0 spiro atoms. The molecule has 1 aromatic carbocycles. The normalized spacial score (nSPS) is 10.1. The summed E-state index contributed by atoms with van der Waals surface area (Å²) in [6.45, 7) is 1.31. The number of nitrogens with zero attached hydrogens (tertiary/aromatic N) is 2. The maximum Gasteiger partial charge on any atom is 0.307 e. The molecule has 0 aliphatic rings. The summed E-state index contributed by atoms with van der Waals surface area (Å²) < 4.78 is 27.2. The van der Waals surface area contributed by atoms with Crippen LogP contribution in [0.1, 0.15) is 17.3 Å². The summed E-state index contributed by atoms with van der Waals surface area (Å²) in [7, 11) is 1.37. The lowest BCUT2D eigenvalue weighted by atomic mass is 10.1. The predicted molar refractivity (Wildman–Crippen MR) is 68.7 cm³/mol. The fraction of sp³-hybridized carbons (Fsp3) is 0.333. The van der Waals surface area contributed by atoms with Crippen LogP contribution in [0.25, 0.3) is 0 Å². The van der Waals surface area contributed by atoms with Crippen molar-refractivity contribution in [1.82, 2.24) is 10.2 Å². The molecule has 0 aliphatic carbocycles. The zero-order valence-corrected chi connectivity index (χ0v) is 11.4. The topological polar surface area (TPSA) is 92.6 Å². The van der Waals surface area contributed by atoms with Gasteiger partial charge in [-0.1, -0.05) is 0 Å². The highest BCUT2D eigenvalue weighted by molar-refractivity contribution is 5.97. The first kappa shape index (κ1) is 16.5. The second-order valence-electron chi connectivity index (χ2n) is 4.03. The number of likely N-dealkylation sites (N-methyl/N-ethyl adjacent to an activating group) is 2. The van der Waals surface area contributed by atoms with Crippen molar-refractivity contribution in [3.63, 3.8) is 0 Å². The number of nitro groups is 1. The van der Waals surface area contributed by atoms with E-state index in [9.17, 15) is 28.5 Å². The van der Waals surface area contributed by atoms with E-state index in [1.54, 1.807) is 6.92 Å². The van der Waals surface area contributed by atoms with Gasteiger partial charge in [0.1, 0.15) is 5.82 Å². The maximum atomic E-state index is 13.7. The zero-order valence-electron chi connectivity index (χ0n) is 11.4. The number of hydrogen-bond donors (Lipinski definition) is 1. The second-order valence-corrected chi connectivity index (χ2v) is 4.03. The molecule has 9 heteroatoms. The Morgan fingerprint density at radius 3 is 2.43 bits per heavy atom. The van der Waals surface area contributed by atoms with Gasteiger partial charge in [0.05, 0.1) is 23.1 Å². The SMILES string of the molecule is CCN(CC(=O)NC)C(=O)c1cc(F)c([N+](=O)[O-])cc1F. The third-order valence-corrected chi connectivity index (χ3v) is 2.75. The molecule has 1 N–H and O–H groups in total. The van der Waals surface area contributed by atoms with Gasteiger partial charge in [0, 0.05) is 13.6 Å². The minimum Gasteiger partial charge on any atom is -0.358 e. The van der Waals surface area contributed by atoms with Crippen LogP contribution in [-0.2, 0) is 4.79 Å². The van der Waals surface area contributed by atoms with E-state index in [-0.39, 0.29) is 13.1 Å². The molecule has 0 saturated heterocycles. The van der Waals surface area contributed by atoms with E-state index in [1.165, 1.54) is 7.05 Å². The summed E-state index contributed by atoms with van der Waals surface area (Å²) in [5, 5.41) is 12.8. The van der Waals surface area contributed by atoms with Gasteiger partial charge in [-0.2, -0.15) is 4.39 Å². The molecule has 7 nitrogen and oxygen atoms in total. The highest BCUT2D eigenvalue weighted by Gasteiger charge is 2.25. The molecule has 0 unspecified atom stereocenters. The fourth-order valence-corrected chi connectivity index (χ4v) is 1.59. The molecule has 2 amide bonds. The Balaban J connectivity index is 3.14. The van der Waals surface area contributed by atoms with Crippen LogP contribution in [0.3, 0.4) is 0 Å². The van der Waals surface area contributed by atoms with Gasteiger partial charge in [-0.3, -0.25) is 19.7 Å². The zero-order chi connectivity index (χ0) is 16.2. The van der Waals surface area contributed by atoms with E-state index < -0.39 is 39.6 Å². The summed E-state index contributed by atoms with van der Waals surface area (Å²) >= 11 is 0. The minimum atomic E-state index is -1.32. The van der Waals surface area contributed by atoms with Gasteiger partial charge in [0.2, 0.25) is 11.7 Å². The van der Waals surface area contributed by atoms with Crippen LogP contribution in [0.4, 0.5) is 14.5 Å². The molecular weight excluding hydrogens is 288 g/mol. The number of amides is 2. The smallest absolute Gasteiger partial charge is 0.307 e. The molecule has 0 bridgehead atoms. The van der Waals surface area contributed by atoms with Gasteiger partial charge >= 0.3 is 5.69 Å². The van der Waals surface area contributed by atoms with Crippen LogP contribution in [0, 0.1) is 21.7 Å². The van der Waals surface area contributed by atoms with Crippen molar-refractivity contribution in [2.24, 2.45) is 0 Å². The summed E-state index contributed by atoms with van der Waals surface area (Å²) in [4.78, 5) is 33.7. The molecule has 0 radical (unpaired) electrons. The van der Waals surface area contributed by atoms with Crippen molar-refractivity contribution < 1.29 is 23.3 Å². The van der Waals surface area contributed by atoms with Crippen molar-refractivity contribution >= 4 is 17.5 Å². The van der Waals surface area contributed by atoms with Crippen LogP contribution >= 0.6 is 0 Å². The van der Waals surface area contributed by atoms with Crippen LogP contribution in [-0.4, -0.2) is 41.8 Å². The molecule has 0 aliphatic heterocycles. The molecule has 0 aromatic heterocycles. The highest BCUT2D eigenvalue weighted by Crippen LogP contribution is 2.22. The van der Waals surface area contributed by atoms with Crippen LogP contribution in [0.2, 0.25) is 0 Å². The first-order chi connectivity index (χ1) is 9.81. The molecule has 1 aromatic rings. The third-order valence-electron chi connectivity index (χ3n) is 2.75. The van der Waals surface area contributed by atoms with Crippen molar-refractivity contribution in [3.8, 4) is 0 Å². The average molecular weight is 301 g/mol. The number of hydrogen-bond acceptors (Lipinski definition) is 4. The quantitative estimate of drug-likeness (QED) is 0.650. The molecule has 21 heavy (non-hydrogen) atoms. The van der Waals surface area contributed by atoms with E-state index in [1.807, 2.05) is 0 Å². The van der Waals surface area contributed by atoms with Gasteiger partial charge < -0.3 is 10.2 Å². The van der Waals surface area contributed by atoms with Gasteiger partial charge in [-0.05, 0) is 13.0 Å². The lowest BCUT2D eigenvalue weighted by molar-refractivity contribution is -0.387. The van der Waals surface area contributed by atoms with Crippen LogP contribution in [0.15, 0.2) is 12.1 Å². The Morgan fingerprint density at radius 2 is 1.95 bits per heavy atom. The minimum absolute atomic E-state index is 0.0876. The summed E-state index contributed by atoms with van der Waals surface area (Å²) in [5.74, 6) is -3.94. The molecule has 1 rings (SSSR count). The number of carbonyl (C=O) groups is 2. The van der Waals surface area contributed by atoms with E-state index in [2.05, 4.69) is 5.32 Å². The Morgan fingerprint density at radius 1 is 1.33 bits per heavy atom. The van der Waals surface area contributed by atoms with Gasteiger partial charge in [0.25, 0.3) is 5.91 Å². The Labute approximate surface area is 118 Å². The van der Waals surface area contributed by atoms with E-state index >= 15 is 0 Å². The van der Waals surface area contributed by atoms with E-state index in [0.717, 1.165) is 4.90 Å². The van der Waals surface area contributed by atoms with Crippen LogP contribution in [0.5, 0.6) is 0 Å². The fourth-order valence-electron chi connectivity index (χ4n) is 1.59. The maximum absolute atomic E-state index is 13.7. The van der Waals surface area contributed by atoms with E-state index in [0.29, 0.717) is 12.1 Å². The first-order valence-corrected chi connectivity index (χ1v) is 5.95. The summed E-state index contributed by atoms with van der Waals surface area (Å²) in [6, 6.07) is 0.804. The second kappa shape index (κ2) is 6.73. The molecule has 0 saturated carbocycles. The van der Waals surface area contributed by atoms with E-state index in [4.69, 9.17) is 0 Å². The molecule has 0 heterocycles. The molecular formula is C12H13F2N3O4. The number of nitrogens with one attached hydrogen (secondary N) is 1.